The molecule has 1 rings (SSSR count). The van der Waals surface area contributed by atoms with Crippen LogP contribution in [0.25, 0.3) is 0 Å². The zero-order valence-electron chi connectivity index (χ0n) is 9.40. The Hall–Kier alpha value is -1.75. The minimum absolute atomic E-state index is 0.113. The van der Waals surface area contributed by atoms with Gasteiger partial charge in [0.15, 0.2) is 6.10 Å². The van der Waals surface area contributed by atoms with Crippen LogP contribution in [0, 0.1) is 0 Å². The standard InChI is InChI=1S/C11H12ClNO4/c1-6(10(14)16-2)17-11(15)8-5-7(13)3-4-9(8)12/h3-6H,13H2,1-2H3. The van der Waals surface area contributed by atoms with Crippen LogP contribution in [-0.2, 0) is 14.3 Å². The fourth-order valence-electron chi connectivity index (χ4n) is 1.14. The second-order valence-corrected chi connectivity index (χ2v) is 3.72. The molecule has 0 aliphatic heterocycles. The summed E-state index contributed by atoms with van der Waals surface area (Å²) in [6, 6.07) is 4.42. The first-order valence-corrected chi connectivity index (χ1v) is 5.17. The highest BCUT2D eigenvalue weighted by Crippen LogP contribution is 2.20. The SMILES string of the molecule is COC(=O)C(C)OC(=O)c1cc(N)ccc1Cl. The Morgan fingerprint density at radius 1 is 1.41 bits per heavy atom. The van der Waals surface area contributed by atoms with E-state index in [0.717, 1.165) is 0 Å². The summed E-state index contributed by atoms with van der Waals surface area (Å²) in [5, 5.41) is 0.210. The molecular weight excluding hydrogens is 246 g/mol. The molecule has 1 unspecified atom stereocenters. The van der Waals surface area contributed by atoms with Crippen molar-refractivity contribution in [1.29, 1.82) is 0 Å². The van der Waals surface area contributed by atoms with Gasteiger partial charge >= 0.3 is 11.9 Å². The maximum absolute atomic E-state index is 11.7. The molecule has 92 valence electrons. The molecular formula is C11H12ClNO4. The number of esters is 2. The highest BCUT2D eigenvalue weighted by atomic mass is 35.5. The van der Waals surface area contributed by atoms with Crippen molar-refractivity contribution in [3.8, 4) is 0 Å². The topological polar surface area (TPSA) is 78.6 Å². The van der Waals surface area contributed by atoms with Crippen LogP contribution in [0.5, 0.6) is 0 Å². The third-order valence-corrected chi connectivity index (χ3v) is 2.36. The summed E-state index contributed by atoms with van der Waals surface area (Å²) in [6.07, 6.45) is -0.995. The number of rotatable bonds is 3. The molecule has 0 aliphatic rings. The van der Waals surface area contributed by atoms with E-state index in [4.69, 9.17) is 22.1 Å². The number of carbonyl (C=O) groups is 2. The third kappa shape index (κ3) is 3.35. The van der Waals surface area contributed by atoms with Gasteiger partial charge in [-0.3, -0.25) is 0 Å². The maximum Gasteiger partial charge on any atom is 0.346 e. The molecule has 0 spiro atoms. The minimum Gasteiger partial charge on any atom is -0.466 e. The van der Waals surface area contributed by atoms with E-state index in [1.165, 1.54) is 26.2 Å². The number of hydrogen-bond acceptors (Lipinski definition) is 5. The van der Waals surface area contributed by atoms with E-state index in [1.54, 1.807) is 6.07 Å². The number of methoxy groups -OCH3 is 1. The summed E-state index contributed by atoms with van der Waals surface area (Å²) >= 11 is 5.82. The fourth-order valence-corrected chi connectivity index (χ4v) is 1.33. The van der Waals surface area contributed by atoms with E-state index in [1.807, 2.05) is 0 Å². The summed E-state index contributed by atoms with van der Waals surface area (Å²) in [5.41, 5.74) is 6.02. The van der Waals surface area contributed by atoms with Gasteiger partial charge < -0.3 is 15.2 Å². The van der Waals surface area contributed by atoms with Gasteiger partial charge in [-0.05, 0) is 25.1 Å². The van der Waals surface area contributed by atoms with Crippen molar-refractivity contribution < 1.29 is 19.1 Å². The molecule has 0 aliphatic carbocycles. The van der Waals surface area contributed by atoms with Crippen molar-refractivity contribution >= 4 is 29.2 Å². The fraction of sp³-hybridized carbons (Fsp3) is 0.273. The van der Waals surface area contributed by atoms with E-state index >= 15 is 0 Å². The minimum atomic E-state index is -0.995. The van der Waals surface area contributed by atoms with Crippen molar-refractivity contribution in [1.82, 2.24) is 0 Å². The molecule has 0 radical (unpaired) electrons. The molecule has 1 aromatic carbocycles. The molecule has 6 heteroatoms. The lowest BCUT2D eigenvalue weighted by molar-refractivity contribution is -0.149. The highest BCUT2D eigenvalue weighted by molar-refractivity contribution is 6.33. The number of nitrogen functional groups attached to an aromatic ring is 1. The summed E-state index contributed by atoms with van der Waals surface area (Å²) in [5.74, 6) is -1.36. The first-order chi connectivity index (χ1) is 7.95. The zero-order valence-corrected chi connectivity index (χ0v) is 10.2. The van der Waals surface area contributed by atoms with Crippen LogP contribution in [0.2, 0.25) is 5.02 Å². The largest absolute Gasteiger partial charge is 0.466 e. The van der Waals surface area contributed by atoms with Crippen molar-refractivity contribution in [2.45, 2.75) is 13.0 Å². The molecule has 2 N–H and O–H groups in total. The van der Waals surface area contributed by atoms with Crippen LogP contribution in [0.1, 0.15) is 17.3 Å². The zero-order chi connectivity index (χ0) is 13.0. The van der Waals surface area contributed by atoms with Gasteiger partial charge in [0.05, 0.1) is 17.7 Å². The van der Waals surface area contributed by atoms with Crippen LogP contribution in [-0.4, -0.2) is 25.2 Å². The summed E-state index contributed by atoms with van der Waals surface area (Å²) in [4.78, 5) is 22.8. The number of ether oxygens (including phenoxy) is 2. The summed E-state index contributed by atoms with van der Waals surface area (Å²) in [7, 11) is 1.21. The molecule has 1 aromatic rings. The van der Waals surface area contributed by atoms with Crippen molar-refractivity contribution in [3.05, 3.63) is 28.8 Å². The number of hydrogen-bond donors (Lipinski definition) is 1. The van der Waals surface area contributed by atoms with Crippen LogP contribution in [0.15, 0.2) is 18.2 Å². The van der Waals surface area contributed by atoms with Crippen LogP contribution in [0.4, 0.5) is 5.69 Å². The highest BCUT2D eigenvalue weighted by Gasteiger charge is 2.20. The predicted octanol–water partition coefficient (Wildman–Crippen LogP) is 1.64. The number of nitrogens with two attached hydrogens (primary N) is 1. The molecule has 0 aromatic heterocycles. The number of carbonyl (C=O) groups excluding carboxylic acids is 2. The lowest BCUT2D eigenvalue weighted by Crippen LogP contribution is -2.25. The first-order valence-electron chi connectivity index (χ1n) is 4.79. The number of benzene rings is 1. The lowest BCUT2D eigenvalue weighted by Gasteiger charge is -2.11. The maximum atomic E-state index is 11.7. The predicted molar refractivity (Wildman–Crippen MR) is 62.8 cm³/mol. The van der Waals surface area contributed by atoms with Gasteiger partial charge in [0, 0.05) is 5.69 Å². The second-order valence-electron chi connectivity index (χ2n) is 3.31. The second kappa shape index (κ2) is 5.54. The van der Waals surface area contributed by atoms with Crippen molar-refractivity contribution in [2.24, 2.45) is 0 Å². The van der Waals surface area contributed by atoms with E-state index in [9.17, 15) is 9.59 Å². The van der Waals surface area contributed by atoms with Gasteiger partial charge in [0.1, 0.15) is 0 Å². The Morgan fingerprint density at radius 3 is 2.65 bits per heavy atom. The van der Waals surface area contributed by atoms with Crippen LogP contribution < -0.4 is 5.73 Å². The molecule has 17 heavy (non-hydrogen) atoms. The summed E-state index contributed by atoms with van der Waals surface area (Å²) < 4.78 is 9.30. The van der Waals surface area contributed by atoms with Crippen LogP contribution >= 0.6 is 11.6 Å². The quantitative estimate of drug-likeness (QED) is 0.658. The molecule has 0 saturated heterocycles. The average molecular weight is 258 g/mol. The van der Waals surface area contributed by atoms with E-state index in [0.29, 0.717) is 5.69 Å². The van der Waals surface area contributed by atoms with E-state index in [2.05, 4.69) is 4.74 Å². The smallest absolute Gasteiger partial charge is 0.346 e. The van der Waals surface area contributed by atoms with Gasteiger partial charge in [-0.15, -0.1) is 0 Å². The van der Waals surface area contributed by atoms with Crippen LogP contribution in [0.3, 0.4) is 0 Å². The molecule has 0 fully saturated rings. The Balaban J connectivity index is 2.83. The first kappa shape index (κ1) is 13.3. The Bertz CT molecular complexity index is 447. The monoisotopic (exact) mass is 257 g/mol. The Kier molecular flexibility index (Phi) is 4.34. The molecule has 0 bridgehead atoms. The van der Waals surface area contributed by atoms with Gasteiger partial charge in [-0.1, -0.05) is 11.6 Å². The molecule has 1 atom stereocenters. The molecule has 0 heterocycles. The normalized spacial score (nSPS) is 11.7. The molecule has 5 nitrogen and oxygen atoms in total. The van der Waals surface area contributed by atoms with E-state index in [-0.39, 0.29) is 10.6 Å². The number of halogens is 1. The lowest BCUT2D eigenvalue weighted by atomic mass is 10.2. The molecule has 0 saturated carbocycles. The van der Waals surface area contributed by atoms with Gasteiger partial charge in [-0.2, -0.15) is 0 Å². The summed E-state index contributed by atoms with van der Waals surface area (Å²) in [6.45, 7) is 1.41. The van der Waals surface area contributed by atoms with Crippen molar-refractivity contribution in [2.75, 3.05) is 12.8 Å². The molecule has 0 amide bonds. The Labute approximate surface area is 103 Å². The Morgan fingerprint density at radius 2 is 2.06 bits per heavy atom. The van der Waals surface area contributed by atoms with Gasteiger partial charge in [0.25, 0.3) is 0 Å². The van der Waals surface area contributed by atoms with Gasteiger partial charge in [-0.25, -0.2) is 9.59 Å². The van der Waals surface area contributed by atoms with Gasteiger partial charge in [0.2, 0.25) is 0 Å². The number of anilines is 1. The van der Waals surface area contributed by atoms with E-state index < -0.39 is 18.0 Å². The average Bonchev–Trinajstić information content (AvgIpc) is 2.30. The van der Waals surface area contributed by atoms with Crippen molar-refractivity contribution in [3.63, 3.8) is 0 Å². The third-order valence-electron chi connectivity index (χ3n) is 2.03.